The van der Waals surface area contributed by atoms with E-state index in [9.17, 15) is 9.59 Å². The Bertz CT molecular complexity index is 655. The number of benzene rings is 1. The Morgan fingerprint density at radius 1 is 1.29 bits per heavy atom. The molecule has 17 heavy (non-hydrogen) atoms. The minimum atomic E-state index is -0.449. The van der Waals surface area contributed by atoms with Gasteiger partial charge in [-0.3, -0.25) is 14.3 Å². The van der Waals surface area contributed by atoms with Crippen molar-refractivity contribution in [1.82, 2.24) is 9.55 Å². The van der Waals surface area contributed by atoms with Crippen molar-refractivity contribution in [2.45, 2.75) is 13.5 Å². The highest BCUT2D eigenvalue weighted by molar-refractivity contribution is 5.43. The van der Waals surface area contributed by atoms with Gasteiger partial charge in [0.15, 0.2) is 0 Å². The van der Waals surface area contributed by atoms with Gasteiger partial charge in [-0.1, -0.05) is 12.1 Å². The van der Waals surface area contributed by atoms with Gasteiger partial charge in [0.2, 0.25) is 0 Å². The van der Waals surface area contributed by atoms with Gasteiger partial charge in [0.05, 0.1) is 5.69 Å². The predicted octanol–water partition coefficient (Wildman–Crippen LogP) is 0.293. The van der Waals surface area contributed by atoms with E-state index in [4.69, 9.17) is 5.73 Å². The van der Waals surface area contributed by atoms with Crippen molar-refractivity contribution in [3.63, 3.8) is 0 Å². The predicted molar refractivity (Wildman–Crippen MR) is 65.3 cm³/mol. The summed E-state index contributed by atoms with van der Waals surface area (Å²) in [5.41, 5.74) is 7.32. The van der Waals surface area contributed by atoms with Crippen molar-refractivity contribution < 1.29 is 0 Å². The minimum absolute atomic E-state index is 0.404. The average molecular weight is 231 g/mol. The van der Waals surface area contributed by atoms with Crippen molar-refractivity contribution in [1.29, 1.82) is 0 Å². The molecule has 0 radical (unpaired) electrons. The van der Waals surface area contributed by atoms with E-state index < -0.39 is 11.2 Å². The summed E-state index contributed by atoms with van der Waals surface area (Å²) in [4.78, 5) is 24.9. The molecule has 88 valence electrons. The van der Waals surface area contributed by atoms with Crippen molar-refractivity contribution in [2.75, 3.05) is 0 Å². The van der Waals surface area contributed by atoms with Crippen LogP contribution in [0.2, 0.25) is 0 Å². The zero-order valence-corrected chi connectivity index (χ0v) is 9.43. The molecule has 5 heteroatoms. The van der Waals surface area contributed by atoms with E-state index in [0.29, 0.717) is 6.54 Å². The van der Waals surface area contributed by atoms with Crippen LogP contribution in [0.3, 0.4) is 0 Å². The molecule has 0 spiro atoms. The number of nitrogens with two attached hydrogens (primary N) is 1. The monoisotopic (exact) mass is 231 g/mol. The molecule has 2 aromatic rings. The molecule has 1 heterocycles. The fourth-order valence-corrected chi connectivity index (χ4v) is 1.65. The molecule has 0 aliphatic heterocycles. The second-order valence-corrected chi connectivity index (χ2v) is 3.81. The maximum atomic E-state index is 11.7. The summed E-state index contributed by atoms with van der Waals surface area (Å²) in [6, 6.07) is 6.97. The number of nitrogens with one attached hydrogen (secondary N) is 1. The van der Waals surface area contributed by atoms with Crippen LogP contribution in [0, 0.1) is 6.92 Å². The number of aromatic nitrogens is 2. The quantitative estimate of drug-likeness (QED) is 0.779. The smallest absolute Gasteiger partial charge is 0.326 e. The number of hydrogen-bond donors (Lipinski definition) is 2. The molecular formula is C12H13N3O2. The van der Waals surface area contributed by atoms with Crippen molar-refractivity contribution in [2.24, 2.45) is 5.73 Å². The fourth-order valence-electron chi connectivity index (χ4n) is 1.65. The third-order valence-corrected chi connectivity index (χ3v) is 2.59. The molecule has 0 bridgehead atoms. The van der Waals surface area contributed by atoms with Gasteiger partial charge in [-0.25, -0.2) is 4.79 Å². The van der Waals surface area contributed by atoms with Gasteiger partial charge in [0.1, 0.15) is 0 Å². The fraction of sp³-hybridized carbons (Fsp3) is 0.167. The van der Waals surface area contributed by atoms with Crippen molar-refractivity contribution in [3.8, 4) is 5.69 Å². The Hall–Kier alpha value is -2.14. The van der Waals surface area contributed by atoms with Crippen molar-refractivity contribution in [3.05, 3.63) is 62.4 Å². The largest absolute Gasteiger partial charge is 0.332 e. The molecule has 0 atom stereocenters. The summed E-state index contributed by atoms with van der Waals surface area (Å²) >= 11 is 0. The Morgan fingerprint density at radius 3 is 2.71 bits per heavy atom. The van der Waals surface area contributed by atoms with E-state index in [-0.39, 0.29) is 0 Å². The van der Waals surface area contributed by atoms with Crippen LogP contribution in [0.4, 0.5) is 0 Å². The number of rotatable bonds is 2. The van der Waals surface area contributed by atoms with E-state index in [1.165, 1.54) is 16.8 Å². The van der Waals surface area contributed by atoms with E-state index in [1.54, 1.807) is 0 Å². The maximum absolute atomic E-state index is 11.7. The first-order valence-electron chi connectivity index (χ1n) is 5.24. The Morgan fingerprint density at radius 2 is 2.06 bits per heavy atom. The molecule has 0 unspecified atom stereocenters. The third kappa shape index (κ3) is 2.19. The normalized spacial score (nSPS) is 10.5. The van der Waals surface area contributed by atoms with Crippen LogP contribution in [0.1, 0.15) is 11.1 Å². The lowest BCUT2D eigenvalue weighted by Gasteiger charge is -2.09. The lowest BCUT2D eigenvalue weighted by molar-refractivity contribution is 0.885. The highest BCUT2D eigenvalue weighted by Gasteiger charge is 2.04. The standard InChI is InChI=1S/C12H13N3O2/c1-8-2-3-9(7-13)6-10(8)15-5-4-11(16)14-12(15)17/h2-6H,7,13H2,1H3,(H,14,16,17). The second-order valence-electron chi connectivity index (χ2n) is 3.81. The van der Waals surface area contributed by atoms with E-state index in [0.717, 1.165) is 16.8 Å². The van der Waals surface area contributed by atoms with E-state index in [1.807, 2.05) is 25.1 Å². The minimum Gasteiger partial charge on any atom is -0.326 e. The van der Waals surface area contributed by atoms with Crippen LogP contribution in [0.15, 0.2) is 40.1 Å². The Balaban J connectivity index is 2.67. The SMILES string of the molecule is Cc1ccc(CN)cc1-n1ccc(=O)[nH]c1=O. The highest BCUT2D eigenvalue weighted by Crippen LogP contribution is 2.13. The molecule has 1 aromatic heterocycles. The van der Waals surface area contributed by atoms with Crippen molar-refractivity contribution >= 4 is 0 Å². The number of aryl methyl sites for hydroxylation is 1. The van der Waals surface area contributed by atoms with E-state index >= 15 is 0 Å². The third-order valence-electron chi connectivity index (χ3n) is 2.59. The summed E-state index contributed by atoms with van der Waals surface area (Å²) in [5.74, 6) is 0. The first kappa shape index (κ1) is 11.3. The average Bonchev–Trinajstić information content (AvgIpc) is 2.30. The molecule has 1 aromatic carbocycles. The molecule has 0 saturated heterocycles. The number of aromatic amines is 1. The lowest BCUT2D eigenvalue weighted by atomic mass is 10.1. The van der Waals surface area contributed by atoms with E-state index in [2.05, 4.69) is 4.98 Å². The molecule has 0 saturated carbocycles. The molecule has 3 N–H and O–H groups in total. The highest BCUT2D eigenvalue weighted by atomic mass is 16.2. The van der Waals surface area contributed by atoms with Crippen LogP contribution >= 0.6 is 0 Å². The first-order chi connectivity index (χ1) is 8.11. The van der Waals surface area contributed by atoms with Crippen LogP contribution in [0.5, 0.6) is 0 Å². The zero-order chi connectivity index (χ0) is 12.4. The van der Waals surface area contributed by atoms with Crippen LogP contribution in [-0.4, -0.2) is 9.55 Å². The number of hydrogen-bond acceptors (Lipinski definition) is 3. The van der Waals surface area contributed by atoms with Gasteiger partial charge in [-0.15, -0.1) is 0 Å². The molecule has 0 fully saturated rings. The van der Waals surface area contributed by atoms with Gasteiger partial charge in [0, 0.05) is 18.8 Å². The van der Waals surface area contributed by atoms with Gasteiger partial charge in [-0.05, 0) is 24.1 Å². The van der Waals surface area contributed by atoms with Crippen LogP contribution < -0.4 is 17.0 Å². The Labute approximate surface area is 97.5 Å². The molecular weight excluding hydrogens is 218 g/mol. The maximum Gasteiger partial charge on any atom is 0.332 e. The van der Waals surface area contributed by atoms with Gasteiger partial charge in [0.25, 0.3) is 5.56 Å². The summed E-state index contributed by atoms with van der Waals surface area (Å²) in [7, 11) is 0. The summed E-state index contributed by atoms with van der Waals surface area (Å²) in [5, 5.41) is 0. The summed E-state index contributed by atoms with van der Waals surface area (Å²) in [6.07, 6.45) is 1.46. The topological polar surface area (TPSA) is 80.9 Å². The number of H-pyrrole nitrogens is 1. The molecule has 5 nitrogen and oxygen atoms in total. The van der Waals surface area contributed by atoms with Crippen LogP contribution in [-0.2, 0) is 6.54 Å². The van der Waals surface area contributed by atoms with Gasteiger partial charge >= 0.3 is 5.69 Å². The second kappa shape index (κ2) is 4.39. The zero-order valence-electron chi connectivity index (χ0n) is 9.43. The molecule has 2 rings (SSSR count). The summed E-state index contributed by atoms with van der Waals surface area (Å²) in [6.45, 7) is 2.30. The molecule has 0 aliphatic carbocycles. The Kier molecular flexibility index (Phi) is 2.93. The van der Waals surface area contributed by atoms with Gasteiger partial charge in [-0.2, -0.15) is 0 Å². The lowest BCUT2D eigenvalue weighted by Crippen LogP contribution is -2.27. The number of nitrogens with zero attached hydrogens (tertiary/aromatic N) is 1. The van der Waals surface area contributed by atoms with Crippen LogP contribution in [0.25, 0.3) is 5.69 Å². The van der Waals surface area contributed by atoms with Gasteiger partial charge < -0.3 is 5.73 Å². The summed E-state index contributed by atoms with van der Waals surface area (Å²) < 4.78 is 1.40. The molecule has 0 aliphatic rings. The molecule has 0 amide bonds. The first-order valence-corrected chi connectivity index (χ1v) is 5.24.